The van der Waals surface area contributed by atoms with Crippen molar-refractivity contribution in [3.05, 3.63) is 71.3 Å². The van der Waals surface area contributed by atoms with E-state index in [9.17, 15) is 14.4 Å². The maximum atomic E-state index is 12.4. The molecule has 0 spiro atoms. The third-order valence-electron chi connectivity index (χ3n) is 3.81. The van der Waals surface area contributed by atoms with E-state index < -0.39 is 23.8 Å². The molecule has 1 atom stereocenters. The lowest BCUT2D eigenvalue weighted by Gasteiger charge is -2.23. The summed E-state index contributed by atoms with van der Waals surface area (Å²) in [4.78, 5) is 38.2. The van der Waals surface area contributed by atoms with Crippen LogP contribution in [0, 0.1) is 0 Å². The quantitative estimate of drug-likeness (QED) is 0.515. The minimum absolute atomic E-state index is 0.000901. The van der Waals surface area contributed by atoms with Crippen molar-refractivity contribution >= 4 is 30.4 Å². The molecule has 0 N–H and O–H groups in total. The number of ether oxygens (including phenoxy) is 1. The molecule has 0 aromatic heterocycles. The van der Waals surface area contributed by atoms with Gasteiger partial charge in [-0.3, -0.25) is 14.5 Å². The molecular formula is C18H15NO4S. The molecule has 122 valence electrons. The van der Waals surface area contributed by atoms with Crippen molar-refractivity contribution in [1.29, 1.82) is 0 Å². The Labute approximate surface area is 144 Å². The van der Waals surface area contributed by atoms with E-state index >= 15 is 0 Å². The Balaban J connectivity index is 1.76. The van der Waals surface area contributed by atoms with Crippen LogP contribution in [0.3, 0.4) is 0 Å². The van der Waals surface area contributed by atoms with E-state index in [-0.39, 0.29) is 12.4 Å². The Morgan fingerprint density at radius 3 is 2.04 bits per heavy atom. The number of nitrogens with zero attached hydrogens (tertiary/aromatic N) is 1. The molecular weight excluding hydrogens is 326 g/mol. The molecule has 5 nitrogen and oxygen atoms in total. The molecule has 24 heavy (non-hydrogen) atoms. The molecule has 3 rings (SSSR count). The molecule has 0 aliphatic carbocycles. The summed E-state index contributed by atoms with van der Waals surface area (Å²) < 4.78 is 5.26. The van der Waals surface area contributed by atoms with Gasteiger partial charge in [0.1, 0.15) is 12.6 Å². The molecule has 0 unspecified atom stereocenters. The number of esters is 1. The van der Waals surface area contributed by atoms with Crippen molar-refractivity contribution in [2.75, 3.05) is 5.75 Å². The van der Waals surface area contributed by atoms with Crippen LogP contribution in [0.5, 0.6) is 0 Å². The van der Waals surface area contributed by atoms with Crippen LogP contribution in [0.25, 0.3) is 0 Å². The van der Waals surface area contributed by atoms with E-state index in [1.54, 1.807) is 24.3 Å². The minimum atomic E-state index is -1.05. The molecule has 0 bridgehead atoms. The van der Waals surface area contributed by atoms with Crippen LogP contribution in [0.4, 0.5) is 0 Å². The second-order valence-electron chi connectivity index (χ2n) is 5.32. The van der Waals surface area contributed by atoms with E-state index in [0.717, 1.165) is 10.5 Å². The third-order valence-corrected chi connectivity index (χ3v) is 4.15. The smallest absolute Gasteiger partial charge is 0.330 e. The monoisotopic (exact) mass is 341 g/mol. The zero-order chi connectivity index (χ0) is 17.1. The largest absolute Gasteiger partial charge is 0.459 e. The third kappa shape index (κ3) is 2.92. The summed E-state index contributed by atoms with van der Waals surface area (Å²) in [6, 6.07) is 14.6. The fourth-order valence-electron chi connectivity index (χ4n) is 2.58. The first-order chi connectivity index (χ1) is 11.6. The summed E-state index contributed by atoms with van der Waals surface area (Å²) in [6.07, 6.45) is 0. The summed E-state index contributed by atoms with van der Waals surface area (Å²) in [5, 5.41) is 0. The normalized spacial score (nSPS) is 14.5. The number of hydrogen-bond acceptors (Lipinski definition) is 5. The SMILES string of the molecule is O=C(OCc1ccccc1)[C@@H](CS)N1C(=O)c2ccccc2C1=O. The highest BCUT2D eigenvalue weighted by atomic mass is 32.1. The number of rotatable bonds is 5. The summed E-state index contributed by atoms with van der Waals surface area (Å²) in [7, 11) is 0. The van der Waals surface area contributed by atoms with Crippen LogP contribution < -0.4 is 0 Å². The van der Waals surface area contributed by atoms with Gasteiger partial charge in [-0.1, -0.05) is 42.5 Å². The molecule has 0 saturated heterocycles. The highest BCUT2D eigenvalue weighted by Gasteiger charge is 2.42. The molecule has 1 aliphatic rings. The average molecular weight is 341 g/mol. The number of hydrogen-bond donors (Lipinski definition) is 1. The minimum Gasteiger partial charge on any atom is -0.459 e. The standard InChI is InChI=1S/C18H15NO4S/c20-16-13-8-4-5-9-14(13)17(21)19(16)15(11-24)18(22)23-10-12-6-2-1-3-7-12/h1-9,15,24H,10-11H2/t15-/m1/s1. The Morgan fingerprint density at radius 1 is 0.958 bits per heavy atom. The van der Waals surface area contributed by atoms with Crippen molar-refractivity contribution < 1.29 is 19.1 Å². The molecule has 2 aromatic carbocycles. The predicted molar refractivity (Wildman–Crippen MR) is 90.8 cm³/mol. The van der Waals surface area contributed by atoms with Crippen LogP contribution >= 0.6 is 12.6 Å². The Morgan fingerprint density at radius 2 is 1.50 bits per heavy atom. The Hall–Kier alpha value is -2.60. The summed E-state index contributed by atoms with van der Waals surface area (Å²) in [5.74, 6) is -1.64. The number of amides is 2. The van der Waals surface area contributed by atoms with E-state index in [1.165, 1.54) is 0 Å². The number of carbonyl (C=O) groups excluding carboxylic acids is 3. The Bertz CT molecular complexity index is 756. The lowest BCUT2D eigenvalue weighted by Crippen LogP contribution is -2.46. The molecule has 6 heteroatoms. The molecule has 1 heterocycles. The van der Waals surface area contributed by atoms with Gasteiger partial charge < -0.3 is 4.74 Å². The first-order valence-corrected chi connectivity index (χ1v) is 8.05. The van der Waals surface area contributed by atoms with Gasteiger partial charge in [0, 0.05) is 5.75 Å². The highest BCUT2D eigenvalue weighted by molar-refractivity contribution is 7.80. The van der Waals surface area contributed by atoms with E-state index in [4.69, 9.17) is 4.74 Å². The van der Waals surface area contributed by atoms with Crippen LogP contribution in [-0.4, -0.2) is 34.5 Å². The van der Waals surface area contributed by atoms with Crippen molar-refractivity contribution in [2.24, 2.45) is 0 Å². The molecule has 2 amide bonds. The van der Waals surface area contributed by atoms with Crippen LogP contribution in [0.1, 0.15) is 26.3 Å². The van der Waals surface area contributed by atoms with Crippen LogP contribution in [0.2, 0.25) is 0 Å². The van der Waals surface area contributed by atoms with Crippen molar-refractivity contribution in [1.82, 2.24) is 4.90 Å². The van der Waals surface area contributed by atoms with Crippen molar-refractivity contribution in [3.63, 3.8) is 0 Å². The molecule has 0 saturated carbocycles. The maximum Gasteiger partial charge on any atom is 0.330 e. The van der Waals surface area contributed by atoms with Gasteiger partial charge in [0.25, 0.3) is 11.8 Å². The lowest BCUT2D eigenvalue weighted by molar-refractivity contribution is -0.148. The van der Waals surface area contributed by atoms with Gasteiger partial charge in [0.05, 0.1) is 11.1 Å². The van der Waals surface area contributed by atoms with Crippen LogP contribution in [-0.2, 0) is 16.1 Å². The van der Waals surface area contributed by atoms with E-state index in [2.05, 4.69) is 12.6 Å². The first kappa shape index (κ1) is 16.3. The number of imide groups is 1. The van der Waals surface area contributed by atoms with Gasteiger partial charge in [-0.15, -0.1) is 0 Å². The molecule has 0 radical (unpaired) electrons. The summed E-state index contributed by atoms with van der Waals surface area (Å²) in [6.45, 7) is 0.0765. The Kier molecular flexibility index (Phi) is 4.66. The number of fused-ring (bicyclic) bond motifs is 1. The first-order valence-electron chi connectivity index (χ1n) is 7.42. The van der Waals surface area contributed by atoms with Gasteiger partial charge in [-0.2, -0.15) is 12.6 Å². The summed E-state index contributed by atoms with van der Waals surface area (Å²) in [5.41, 5.74) is 1.42. The van der Waals surface area contributed by atoms with Crippen molar-refractivity contribution in [3.8, 4) is 0 Å². The van der Waals surface area contributed by atoms with Gasteiger partial charge in [-0.25, -0.2) is 4.79 Å². The van der Waals surface area contributed by atoms with Gasteiger partial charge in [0.15, 0.2) is 0 Å². The number of thiol groups is 1. The second-order valence-corrected chi connectivity index (χ2v) is 5.68. The predicted octanol–water partition coefficient (Wildman–Crippen LogP) is 2.32. The van der Waals surface area contributed by atoms with Crippen molar-refractivity contribution in [2.45, 2.75) is 12.6 Å². The fourth-order valence-corrected chi connectivity index (χ4v) is 2.89. The zero-order valence-corrected chi connectivity index (χ0v) is 13.6. The van der Waals surface area contributed by atoms with E-state index in [1.807, 2.05) is 30.3 Å². The van der Waals surface area contributed by atoms with Gasteiger partial charge in [0.2, 0.25) is 0 Å². The second kappa shape index (κ2) is 6.88. The molecule has 0 fully saturated rings. The van der Waals surface area contributed by atoms with Crippen LogP contribution in [0.15, 0.2) is 54.6 Å². The number of carbonyl (C=O) groups is 3. The highest BCUT2D eigenvalue weighted by Crippen LogP contribution is 2.25. The molecule has 1 aliphatic heterocycles. The average Bonchev–Trinajstić information content (AvgIpc) is 2.87. The maximum absolute atomic E-state index is 12.4. The van der Waals surface area contributed by atoms with Gasteiger partial charge in [-0.05, 0) is 17.7 Å². The fraction of sp³-hybridized carbons (Fsp3) is 0.167. The lowest BCUT2D eigenvalue weighted by atomic mass is 10.1. The topological polar surface area (TPSA) is 63.7 Å². The summed E-state index contributed by atoms with van der Waals surface area (Å²) >= 11 is 4.12. The van der Waals surface area contributed by atoms with Gasteiger partial charge >= 0.3 is 5.97 Å². The van der Waals surface area contributed by atoms with E-state index in [0.29, 0.717) is 11.1 Å². The molecule has 2 aromatic rings. The zero-order valence-electron chi connectivity index (χ0n) is 12.7. The number of benzene rings is 2.